The van der Waals surface area contributed by atoms with Gasteiger partial charge in [0.2, 0.25) is 0 Å². The van der Waals surface area contributed by atoms with E-state index in [1.165, 1.54) is 5.57 Å². The van der Waals surface area contributed by atoms with Crippen LogP contribution in [0.1, 0.15) is 31.7 Å². The molecule has 0 aliphatic carbocycles. The van der Waals surface area contributed by atoms with Gasteiger partial charge in [0.05, 0.1) is 49.0 Å². The van der Waals surface area contributed by atoms with Crippen molar-refractivity contribution in [2.24, 2.45) is 12.0 Å². The number of aromatic nitrogens is 4. The fraction of sp³-hybridized carbons (Fsp3) is 0.333. The molecule has 2 aliphatic rings. The number of aliphatic hydroxyl groups is 1. The van der Waals surface area contributed by atoms with Gasteiger partial charge in [-0.15, -0.1) is 0 Å². The molecule has 1 unspecified atom stereocenters. The largest absolute Gasteiger partial charge is 0.455 e. The maximum atomic E-state index is 10.3. The highest BCUT2D eigenvalue weighted by molar-refractivity contribution is 5.74. The Labute approximate surface area is 233 Å². The molecule has 1 atom stereocenters. The van der Waals surface area contributed by atoms with Crippen LogP contribution in [0.4, 0.5) is 0 Å². The van der Waals surface area contributed by atoms with Gasteiger partial charge in [-0.3, -0.25) is 9.58 Å². The summed E-state index contributed by atoms with van der Waals surface area (Å²) in [6.45, 7) is 12.8. The number of carbonyl (C=O) groups excluding carboxylic acids is 1. The van der Waals surface area contributed by atoms with E-state index in [9.17, 15) is 5.11 Å². The number of morpholine rings is 1. The first-order valence-electron chi connectivity index (χ1n) is 13.2. The molecule has 2 aliphatic heterocycles. The summed E-state index contributed by atoms with van der Waals surface area (Å²) in [5.41, 5.74) is 5.13. The van der Waals surface area contributed by atoms with E-state index in [0.717, 1.165) is 36.3 Å². The van der Waals surface area contributed by atoms with E-state index in [4.69, 9.17) is 24.0 Å². The Morgan fingerprint density at radius 1 is 1.23 bits per heavy atom. The number of rotatable bonds is 8. The molecule has 0 bridgehead atoms. The first-order chi connectivity index (χ1) is 19.5. The van der Waals surface area contributed by atoms with Crippen molar-refractivity contribution in [1.82, 2.24) is 24.5 Å². The summed E-state index contributed by atoms with van der Waals surface area (Å²) in [7, 11) is 1.88. The van der Waals surface area contributed by atoms with Crippen molar-refractivity contribution in [3.63, 3.8) is 0 Å². The lowest BCUT2D eigenvalue weighted by atomic mass is 10.1. The number of ether oxygens (including phenoxy) is 1. The first-order valence-corrected chi connectivity index (χ1v) is 13.2. The van der Waals surface area contributed by atoms with Crippen molar-refractivity contribution in [3.8, 4) is 11.3 Å². The number of carbonyl (C=O) groups is 1. The number of aliphatic hydroxyl groups excluding tert-OH is 1. The fourth-order valence-corrected chi connectivity index (χ4v) is 4.59. The van der Waals surface area contributed by atoms with E-state index < -0.39 is 0 Å². The fourth-order valence-electron chi connectivity index (χ4n) is 4.59. The van der Waals surface area contributed by atoms with Gasteiger partial charge in [0.1, 0.15) is 17.9 Å². The number of allylic oxidation sites excluding steroid dienone is 5. The molecular weight excluding hydrogens is 508 g/mol. The summed E-state index contributed by atoms with van der Waals surface area (Å²) in [6, 6.07) is 3.75. The van der Waals surface area contributed by atoms with Gasteiger partial charge in [-0.05, 0) is 31.6 Å². The van der Waals surface area contributed by atoms with Crippen LogP contribution in [0.3, 0.4) is 0 Å². The molecule has 0 saturated carbocycles. The maximum absolute atomic E-state index is 10.3. The van der Waals surface area contributed by atoms with Crippen LogP contribution in [0.15, 0.2) is 70.4 Å². The van der Waals surface area contributed by atoms with Gasteiger partial charge in [0, 0.05) is 38.0 Å². The Kier molecular flexibility index (Phi) is 9.60. The summed E-state index contributed by atoms with van der Waals surface area (Å²) in [6.07, 6.45) is 14.6. The van der Waals surface area contributed by atoms with Gasteiger partial charge in [0.25, 0.3) is 0 Å². The summed E-state index contributed by atoms with van der Waals surface area (Å²) in [5.74, 6) is 1.32. The molecule has 10 heteroatoms. The van der Waals surface area contributed by atoms with Crippen molar-refractivity contribution >= 4 is 24.3 Å². The Morgan fingerprint density at radius 2 is 2.00 bits per heavy atom. The van der Waals surface area contributed by atoms with Crippen LogP contribution in [-0.2, 0) is 23.2 Å². The Balaban J connectivity index is 0.00000181. The number of furan rings is 1. The molecule has 1 fully saturated rings. The van der Waals surface area contributed by atoms with Crippen molar-refractivity contribution in [3.05, 3.63) is 83.1 Å². The van der Waals surface area contributed by atoms with Crippen LogP contribution < -0.4 is 10.8 Å². The third-order valence-electron chi connectivity index (χ3n) is 6.79. The molecule has 5 rings (SSSR count). The Bertz CT molecular complexity index is 1550. The number of fused-ring (bicyclic) bond motifs is 1. The lowest BCUT2D eigenvalue weighted by Gasteiger charge is -2.30. The van der Waals surface area contributed by atoms with Crippen LogP contribution in [0.2, 0.25) is 0 Å². The topological polar surface area (TPSA) is 111 Å². The van der Waals surface area contributed by atoms with Crippen molar-refractivity contribution in [2.45, 2.75) is 32.9 Å². The van der Waals surface area contributed by atoms with E-state index >= 15 is 0 Å². The van der Waals surface area contributed by atoms with Gasteiger partial charge in [-0.25, -0.2) is 9.67 Å². The minimum absolute atomic E-state index is 0.0867. The molecule has 40 heavy (non-hydrogen) atoms. The van der Waals surface area contributed by atoms with Crippen LogP contribution in [0.25, 0.3) is 28.8 Å². The van der Waals surface area contributed by atoms with Gasteiger partial charge in [-0.2, -0.15) is 10.2 Å². The second-order valence-electron chi connectivity index (χ2n) is 9.50. The molecule has 3 aromatic heterocycles. The normalized spacial score (nSPS) is 18.0. The quantitative estimate of drug-likeness (QED) is 0.434. The van der Waals surface area contributed by atoms with Crippen LogP contribution in [0.5, 0.6) is 0 Å². The van der Waals surface area contributed by atoms with Gasteiger partial charge in [0.15, 0.2) is 11.2 Å². The Morgan fingerprint density at radius 3 is 2.65 bits per heavy atom. The highest BCUT2D eigenvalue weighted by Gasteiger charge is 2.23. The Hall–Kier alpha value is -4.12. The van der Waals surface area contributed by atoms with E-state index in [0.29, 0.717) is 41.3 Å². The zero-order chi connectivity index (χ0) is 28.6. The molecular formula is C30H36N6O4. The van der Waals surface area contributed by atoms with Crippen molar-refractivity contribution < 1.29 is 19.1 Å². The molecule has 210 valence electrons. The zero-order valence-electron chi connectivity index (χ0n) is 23.3. The number of nitrogens with zero attached hydrogens (tertiary/aromatic N) is 6. The second-order valence-corrected chi connectivity index (χ2v) is 9.50. The summed E-state index contributed by atoms with van der Waals surface area (Å²) >= 11 is 0. The van der Waals surface area contributed by atoms with E-state index in [2.05, 4.69) is 48.7 Å². The van der Waals surface area contributed by atoms with Crippen LogP contribution in [0, 0.1) is 0 Å². The third-order valence-corrected chi connectivity index (χ3v) is 6.79. The lowest BCUT2D eigenvalue weighted by Crippen LogP contribution is -2.42. The van der Waals surface area contributed by atoms with Crippen molar-refractivity contribution in [2.75, 3.05) is 26.3 Å². The minimum Gasteiger partial charge on any atom is -0.455 e. The molecule has 3 aromatic rings. The third kappa shape index (κ3) is 6.36. The predicted octanol–water partition coefficient (Wildman–Crippen LogP) is 2.72. The van der Waals surface area contributed by atoms with Gasteiger partial charge in [-0.1, -0.05) is 37.3 Å². The van der Waals surface area contributed by atoms with Crippen molar-refractivity contribution in [1.29, 1.82) is 0 Å². The molecule has 5 heterocycles. The van der Waals surface area contributed by atoms with E-state index in [1.54, 1.807) is 21.6 Å². The first kappa shape index (κ1) is 28.9. The molecule has 1 N–H and O–H groups in total. The number of hydrogen-bond donors (Lipinski definition) is 1. The lowest BCUT2D eigenvalue weighted by molar-refractivity contribution is -0.0980. The predicted molar refractivity (Wildman–Crippen MR) is 154 cm³/mol. The molecule has 0 spiro atoms. The van der Waals surface area contributed by atoms with Gasteiger partial charge < -0.3 is 19.1 Å². The van der Waals surface area contributed by atoms with Gasteiger partial charge >= 0.3 is 0 Å². The average molecular weight is 545 g/mol. The van der Waals surface area contributed by atoms with E-state index in [1.807, 2.05) is 38.2 Å². The summed E-state index contributed by atoms with van der Waals surface area (Å²) in [4.78, 5) is 15.3. The standard InChI is InChI=1S/C29H34N6O3.CH2O/c1-5-7-21(12-20(3)6-2)25-13-24(19-36)35(32-25)29-15-23(34-8-10-37-11-9-34)14-28-26(31-29)16-27(38-28)22-17-30-33(4)18-22;1-2/h5,7,12-18,23,36H,1,6,8-11,19H2,2-4H3;1H2/b20-12+,21-7+;. The minimum atomic E-state index is -0.178. The van der Waals surface area contributed by atoms with Crippen LogP contribution >= 0.6 is 0 Å². The summed E-state index contributed by atoms with van der Waals surface area (Å²) in [5, 5.41) is 20.2. The molecule has 0 radical (unpaired) electrons. The smallest absolute Gasteiger partial charge is 0.152 e. The average Bonchev–Trinajstić information content (AvgIpc) is 3.69. The monoisotopic (exact) mass is 544 g/mol. The highest BCUT2D eigenvalue weighted by atomic mass is 16.5. The number of aryl methyl sites for hydroxylation is 1. The maximum Gasteiger partial charge on any atom is 0.152 e. The molecule has 1 saturated heterocycles. The van der Waals surface area contributed by atoms with Crippen LogP contribution in [-0.4, -0.2) is 68.7 Å². The molecule has 0 aromatic carbocycles. The molecule has 10 nitrogen and oxygen atoms in total. The molecule has 0 amide bonds. The summed E-state index contributed by atoms with van der Waals surface area (Å²) < 4.78 is 15.3. The second kappa shape index (κ2) is 13.3. The number of hydrogen-bond acceptors (Lipinski definition) is 8. The highest BCUT2D eigenvalue weighted by Crippen LogP contribution is 2.24. The SMILES string of the molecule is C=C/C=C(\C=C(/C)CC)c1cc(CO)n(C2=CC(N3CCOCC3)C=c3oc(-c4cnn(C)c4)cc3=N2)n1.C=O. The zero-order valence-corrected chi connectivity index (χ0v) is 23.3. The van der Waals surface area contributed by atoms with E-state index in [-0.39, 0.29) is 12.6 Å².